The van der Waals surface area contributed by atoms with Gasteiger partial charge in [0.05, 0.1) is 6.61 Å². The second-order valence-corrected chi connectivity index (χ2v) is 4.20. The number of hydrogen-bond donors (Lipinski definition) is 1. The van der Waals surface area contributed by atoms with Crippen molar-refractivity contribution in [2.24, 2.45) is 0 Å². The molecule has 0 saturated heterocycles. The Morgan fingerprint density at radius 1 is 1.25 bits per heavy atom. The molecule has 0 aliphatic carbocycles. The van der Waals surface area contributed by atoms with Gasteiger partial charge in [0.15, 0.2) is 0 Å². The lowest BCUT2D eigenvalue weighted by Gasteiger charge is -2.20. The molecule has 0 radical (unpaired) electrons. The van der Waals surface area contributed by atoms with Gasteiger partial charge in [0.2, 0.25) is 0 Å². The summed E-state index contributed by atoms with van der Waals surface area (Å²) in [4.78, 5) is 8.64. The maximum atomic E-state index is 12.5. The van der Waals surface area contributed by atoms with Crippen molar-refractivity contribution in [3.8, 4) is 0 Å². The summed E-state index contributed by atoms with van der Waals surface area (Å²) in [7, 11) is -5.17. The van der Waals surface area contributed by atoms with Crippen LogP contribution in [-0.2, 0) is 13.6 Å². The van der Waals surface area contributed by atoms with Crippen LogP contribution in [0.4, 0.5) is 22.0 Å². The standard InChI is InChI=1S/C6H10F5O4P/c1-2-3-14-16(12,13)15-6(10,11)4-5(7,8)9/h2-4H2,1H3,(H,12,13). The molecule has 0 fully saturated rings. The summed E-state index contributed by atoms with van der Waals surface area (Å²) < 4.78 is 77.6. The van der Waals surface area contributed by atoms with Gasteiger partial charge in [-0.1, -0.05) is 6.92 Å². The zero-order valence-corrected chi connectivity index (χ0v) is 9.02. The first-order valence-electron chi connectivity index (χ1n) is 4.10. The van der Waals surface area contributed by atoms with Crippen molar-refractivity contribution in [1.29, 1.82) is 0 Å². The number of rotatable bonds is 6. The molecule has 10 heteroatoms. The summed E-state index contributed by atoms with van der Waals surface area (Å²) in [5.41, 5.74) is 0. The molecule has 0 aliphatic rings. The molecule has 98 valence electrons. The van der Waals surface area contributed by atoms with Gasteiger partial charge in [-0.3, -0.25) is 4.52 Å². The van der Waals surface area contributed by atoms with Crippen LogP contribution in [0.25, 0.3) is 0 Å². The molecule has 0 bridgehead atoms. The summed E-state index contributed by atoms with van der Waals surface area (Å²) in [6, 6.07) is 0. The van der Waals surface area contributed by atoms with Crippen LogP contribution in [0.1, 0.15) is 19.8 Å². The molecule has 0 aliphatic heterocycles. The zero-order valence-electron chi connectivity index (χ0n) is 8.13. The van der Waals surface area contributed by atoms with Crippen molar-refractivity contribution < 1.29 is 40.5 Å². The first kappa shape index (κ1) is 15.8. The van der Waals surface area contributed by atoms with Gasteiger partial charge in [-0.2, -0.15) is 22.0 Å². The van der Waals surface area contributed by atoms with Gasteiger partial charge in [-0.25, -0.2) is 9.09 Å². The number of alkyl halides is 5. The molecule has 0 spiro atoms. The minimum absolute atomic E-state index is 0.221. The van der Waals surface area contributed by atoms with Gasteiger partial charge in [-0.15, -0.1) is 0 Å². The van der Waals surface area contributed by atoms with E-state index in [0.717, 1.165) is 0 Å². The molecular formula is C6H10F5O4P. The fourth-order valence-corrected chi connectivity index (χ4v) is 1.54. The van der Waals surface area contributed by atoms with E-state index in [9.17, 15) is 26.5 Å². The van der Waals surface area contributed by atoms with E-state index >= 15 is 0 Å². The second kappa shape index (κ2) is 5.39. The first-order valence-corrected chi connectivity index (χ1v) is 5.60. The Labute approximate surface area is 88.0 Å². The van der Waals surface area contributed by atoms with Crippen LogP contribution in [0, 0.1) is 0 Å². The fourth-order valence-electron chi connectivity index (χ4n) is 0.667. The number of phosphoric acid groups is 1. The quantitative estimate of drug-likeness (QED) is 0.596. The summed E-state index contributed by atoms with van der Waals surface area (Å²) in [6.07, 6.45) is -12.4. The predicted octanol–water partition coefficient (Wildman–Crippen LogP) is 3.08. The molecule has 1 atom stereocenters. The van der Waals surface area contributed by atoms with E-state index in [1.54, 1.807) is 0 Å². The molecule has 1 N–H and O–H groups in total. The third-order valence-electron chi connectivity index (χ3n) is 1.11. The van der Waals surface area contributed by atoms with E-state index in [4.69, 9.17) is 4.89 Å². The van der Waals surface area contributed by atoms with Crippen LogP contribution < -0.4 is 0 Å². The summed E-state index contributed by atoms with van der Waals surface area (Å²) in [5, 5.41) is 0. The van der Waals surface area contributed by atoms with Gasteiger partial charge in [0.25, 0.3) is 0 Å². The number of hydrogen-bond acceptors (Lipinski definition) is 3. The Hall–Kier alpha value is -0.240. The summed E-state index contributed by atoms with van der Waals surface area (Å²) >= 11 is 0. The van der Waals surface area contributed by atoms with Gasteiger partial charge in [0, 0.05) is 0 Å². The monoisotopic (exact) mass is 272 g/mol. The minimum atomic E-state index is -5.21. The molecule has 0 heterocycles. The minimum Gasteiger partial charge on any atom is -0.302 e. The third kappa shape index (κ3) is 7.98. The van der Waals surface area contributed by atoms with E-state index in [0.29, 0.717) is 0 Å². The normalized spacial score (nSPS) is 17.2. The van der Waals surface area contributed by atoms with E-state index in [2.05, 4.69) is 9.05 Å². The van der Waals surface area contributed by atoms with Gasteiger partial charge in [0.1, 0.15) is 6.42 Å². The van der Waals surface area contributed by atoms with Crippen molar-refractivity contribution in [1.82, 2.24) is 0 Å². The first-order chi connectivity index (χ1) is 6.97. The highest BCUT2D eigenvalue weighted by Crippen LogP contribution is 2.50. The molecule has 4 nitrogen and oxygen atoms in total. The van der Waals surface area contributed by atoms with Crippen LogP contribution >= 0.6 is 7.82 Å². The van der Waals surface area contributed by atoms with E-state index in [1.165, 1.54) is 6.92 Å². The molecule has 1 unspecified atom stereocenters. The summed E-state index contributed by atoms with van der Waals surface area (Å²) in [5.74, 6) is 0. The van der Waals surface area contributed by atoms with Gasteiger partial charge in [-0.05, 0) is 6.42 Å². The van der Waals surface area contributed by atoms with Crippen LogP contribution in [0.2, 0.25) is 0 Å². The Kier molecular flexibility index (Phi) is 5.31. The molecule has 0 rings (SSSR count). The molecule has 0 aromatic rings. The number of halogens is 5. The van der Waals surface area contributed by atoms with Crippen molar-refractivity contribution in [3.05, 3.63) is 0 Å². The highest BCUT2D eigenvalue weighted by atomic mass is 31.2. The van der Waals surface area contributed by atoms with E-state index in [-0.39, 0.29) is 13.0 Å². The fraction of sp³-hybridized carbons (Fsp3) is 1.00. The Morgan fingerprint density at radius 2 is 1.75 bits per heavy atom. The largest absolute Gasteiger partial charge is 0.476 e. The van der Waals surface area contributed by atoms with Crippen molar-refractivity contribution in [2.75, 3.05) is 6.61 Å². The maximum Gasteiger partial charge on any atom is 0.476 e. The molecule has 0 aromatic heterocycles. The zero-order chi connectivity index (χ0) is 13.0. The molecule has 16 heavy (non-hydrogen) atoms. The topological polar surface area (TPSA) is 55.8 Å². The highest BCUT2D eigenvalue weighted by molar-refractivity contribution is 7.47. The molecular weight excluding hydrogens is 262 g/mol. The Balaban J connectivity index is 4.39. The molecule has 0 amide bonds. The second-order valence-electron chi connectivity index (χ2n) is 2.82. The maximum absolute atomic E-state index is 12.5. The smallest absolute Gasteiger partial charge is 0.302 e. The van der Waals surface area contributed by atoms with E-state index in [1.807, 2.05) is 0 Å². The SMILES string of the molecule is CCCOP(=O)(O)OC(F)(F)CC(F)(F)F. The Morgan fingerprint density at radius 3 is 2.12 bits per heavy atom. The van der Waals surface area contributed by atoms with Crippen molar-refractivity contribution >= 4 is 7.82 Å². The lowest BCUT2D eigenvalue weighted by atomic mass is 10.4. The van der Waals surface area contributed by atoms with Gasteiger partial charge >= 0.3 is 20.1 Å². The van der Waals surface area contributed by atoms with Crippen LogP contribution in [0.3, 0.4) is 0 Å². The molecule has 0 saturated carbocycles. The van der Waals surface area contributed by atoms with Crippen molar-refractivity contribution in [3.63, 3.8) is 0 Å². The van der Waals surface area contributed by atoms with Crippen LogP contribution in [-0.4, -0.2) is 23.8 Å². The average Bonchev–Trinajstić information content (AvgIpc) is 1.93. The average molecular weight is 272 g/mol. The van der Waals surface area contributed by atoms with Crippen molar-refractivity contribution in [2.45, 2.75) is 32.1 Å². The summed E-state index contributed by atoms with van der Waals surface area (Å²) in [6.45, 7) is 1.13. The van der Waals surface area contributed by atoms with Crippen LogP contribution in [0.15, 0.2) is 0 Å². The lowest BCUT2D eigenvalue weighted by Crippen LogP contribution is -2.28. The Bertz CT molecular complexity index is 266. The lowest BCUT2D eigenvalue weighted by molar-refractivity contribution is -0.260. The molecule has 0 aromatic carbocycles. The predicted molar refractivity (Wildman–Crippen MR) is 42.8 cm³/mol. The van der Waals surface area contributed by atoms with E-state index < -0.39 is 26.5 Å². The van der Waals surface area contributed by atoms with Crippen LogP contribution in [0.5, 0.6) is 0 Å². The van der Waals surface area contributed by atoms with Gasteiger partial charge < -0.3 is 4.89 Å². The number of phosphoric ester groups is 1. The highest BCUT2D eigenvalue weighted by Gasteiger charge is 2.49. The third-order valence-corrected chi connectivity index (χ3v) is 2.12.